The molecule has 1 unspecified atom stereocenters. The predicted octanol–water partition coefficient (Wildman–Crippen LogP) is 3.80. The van der Waals surface area contributed by atoms with E-state index in [1.807, 2.05) is 17.0 Å². The molecule has 4 rings (SSSR count). The lowest BCUT2D eigenvalue weighted by atomic mass is 9.96. The number of amides is 1. The summed E-state index contributed by atoms with van der Waals surface area (Å²) in [7, 11) is 0. The zero-order chi connectivity index (χ0) is 17.4. The van der Waals surface area contributed by atoms with Crippen molar-refractivity contribution in [1.82, 2.24) is 9.88 Å². The van der Waals surface area contributed by atoms with Crippen molar-refractivity contribution in [3.63, 3.8) is 0 Å². The Labute approximate surface area is 148 Å². The molecule has 1 N–H and O–H groups in total. The molecule has 1 saturated heterocycles. The largest absolute Gasteiger partial charge is 0.396 e. The van der Waals surface area contributed by atoms with Crippen molar-refractivity contribution in [2.45, 2.75) is 57.4 Å². The number of rotatable bonds is 4. The quantitative estimate of drug-likeness (QED) is 0.922. The highest BCUT2D eigenvalue weighted by atomic mass is 16.3. The van der Waals surface area contributed by atoms with Gasteiger partial charge in [0.1, 0.15) is 0 Å². The number of hydrogen-bond donors (Lipinski definition) is 1. The number of carbonyl (C=O) groups is 1. The first kappa shape index (κ1) is 16.5. The minimum atomic E-state index is 0.109. The zero-order valence-corrected chi connectivity index (χ0v) is 14.9. The molecule has 0 spiro atoms. The second kappa shape index (κ2) is 6.75. The van der Waals surface area contributed by atoms with Gasteiger partial charge in [0.05, 0.1) is 11.1 Å². The third-order valence-corrected chi connectivity index (χ3v) is 5.56. The summed E-state index contributed by atoms with van der Waals surface area (Å²) in [5, 5.41) is 10.3. The van der Waals surface area contributed by atoms with Gasteiger partial charge in [0.2, 0.25) is 0 Å². The van der Waals surface area contributed by atoms with E-state index in [9.17, 15) is 9.90 Å². The van der Waals surface area contributed by atoms with Gasteiger partial charge in [-0.25, -0.2) is 0 Å². The second-order valence-electron chi connectivity index (χ2n) is 7.55. The van der Waals surface area contributed by atoms with Crippen LogP contribution in [0.5, 0.6) is 0 Å². The third kappa shape index (κ3) is 3.28. The Morgan fingerprint density at radius 2 is 2.08 bits per heavy atom. The molecule has 2 aliphatic rings. The number of likely N-dealkylation sites (tertiary alicyclic amines) is 1. The standard InChI is InChI=1S/C21H26N2O2/c1-14-5-8-19-17(12-14)18(13-20(22-19)15-6-7-15)21(25)23-10-3-2-4-16(23)9-11-24/h5,8,12-13,15-16,24H,2-4,6-7,9-11H2,1H3. The van der Waals surface area contributed by atoms with Crippen LogP contribution in [0.1, 0.15) is 66.1 Å². The van der Waals surface area contributed by atoms with Gasteiger partial charge in [0.25, 0.3) is 5.91 Å². The summed E-state index contributed by atoms with van der Waals surface area (Å²) >= 11 is 0. The van der Waals surface area contributed by atoms with E-state index in [4.69, 9.17) is 4.98 Å². The van der Waals surface area contributed by atoms with E-state index in [-0.39, 0.29) is 18.6 Å². The molecule has 2 aromatic rings. The maximum atomic E-state index is 13.4. The molecule has 1 amide bonds. The van der Waals surface area contributed by atoms with E-state index >= 15 is 0 Å². The average molecular weight is 338 g/mol. The third-order valence-electron chi connectivity index (χ3n) is 5.56. The van der Waals surface area contributed by atoms with Crippen molar-refractivity contribution in [1.29, 1.82) is 0 Å². The number of piperidine rings is 1. The normalized spacial score (nSPS) is 20.9. The minimum absolute atomic E-state index is 0.109. The highest BCUT2D eigenvalue weighted by Crippen LogP contribution is 2.40. The van der Waals surface area contributed by atoms with E-state index in [1.165, 1.54) is 12.8 Å². The predicted molar refractivity (Wildman–Crippen MR) is 98.8 cm³/mol. The summed E-state index contributed by atoms with van der Waals surface area (Å²) < 4.78 is 0. The van der Waals surface area contributed by atoms with Crippen LogP contribution in [0.15, 0.2) is 24.3 Å². The first-order valence-corrected chi connectivity index (χ1v) is 9.50. The monoisotopic (exact) mass is 338 g/mol. The number of aliphatic hydroxyl groups is 1. The van der Waals surface area contributed by atoms with Crippen molar-refractivity contribution in [2.24, 2.45) is 0 Å². The molecule has 4 nitrogen and oxygen atoms in total. The van der Waals surface area contributed by atoms with Crippen molar-refractivity contribution >= 4 is 16.8 Å². The van der Waals surface area contributed by atoms with Crippen molar-refractivity contribution in [2.75, 3.05) is 13.2 Å². The first-order valence-electron chi connectivity index (χ1n) is 9.50. The summed E-state index contributed by atoms with van der Waals surface area (Å²) in [6, 6.07) is 8.37. The molecular formula is C21H26N2O2. The number of hydrogen-bond acceptors (Lipinski definition) is 3. The Kier molecular flexibility index (Phi) is 4.46. The van der Waals surface area contributed by atoms with Crippen molar-refractivity contribution in [3.8, 4) is 0 Å². The number of aromatic nitrogens is 1. The number of carbonyl (C=O) groups excluding carboxylic acids is 1. The van der Waals surface area contributed by atoms with Crippen LogP contribution in [-0.4, -0.2) is 40.1 Å². The fourth-order valence-corrected chi connectivity index (χ4v) is 4.00. The molecule has 1 aromatic heterocycles. The fourth-order valence-electron chi connectivity index (χ4n) is 4.00. The fraction of sp³-hybridized carbons (Fsp3) is 0.524. The molecule has 132 valence electrons. The number of fused-ring (bicyclic) bond motifs is 1. The molecule has 0 radical (unpaired) electrons. The van der Waals surface area contributed by atoms with Crippen LogP contribution in [0.3, 0.4) is 0 Å². The lowest BCUT2D eigenvalue weighted by Gasteiger charge is -2.36. The van der Waals surface area contributed by atoms with Crippen molar-refractivity contribution in [3.05, 3.63) is 41.1 Å². The molecule has 2 fully saturated rings. The van der Waals surface area contributed by atoms with Gasteiger partial charge in [-0.15, -0.1) is 0 Å². The highest BCUT2D eigenvalue weighted by molar-refractivity contribution is 6.06. The first-order chi connectivity index (χ1) is 12.2. The minimum Gasteiger partial charge on any atom is -0.396 e. The van der Waals surface area contributed by atoms with Gasteiger partial charge in [0.15, 0.2) is 0 Å². The van der Waals surface area contributed by atoms with Gasteiger partial charge >= 0.3 is 0 Å². The van der Waals surface area contributed by atoms with Crippen LogP contribution in [0.2, 0.25) is 0 Å². The van der Waals surface area contributed by atoms with E-state index < -0.39 is 0 Å². The molecule has 1 saturated carbocycles. The maximum absolute atomic E-state index is 13.4. The highest BCUT2D eigenvalue weighted by Gasteiger charge is 2.31. The van der Waals surface area contributed by atoms with E-state index in [0.717, 1.165) is 53.5 Å². The van der Waals surface area contributed by atoms with Crippen LogP contribution in [-0.2, 0) is 0 Å². The molecule has 2 heterocycles. The molecule has 25 heavy (non-hydrogen) atoms. The molecule has 4 heteroatoms. The van der Waals surface area contributed by atoms with Crippen LogP contribution in [0.25, 0.3) is 10.9 Å². The van der Waals surface area contributed by atoms with Crippen LogP contribution >= 0.6 is 0 Å². The number of pyridine rings is 1. The van der Waals surface area contributed by atoms with E-state index in [0.29, 0.717) is 12.3 Å². The molecular weight excluding hydrogens is 312 g/mol. The Balaban J connectivity index is 1.78. The Bertz CT molecular complexity index is 796. The average Bonchev–Trinajstić information content (AvgIpc) is 3.46. The molecule has 1 atom stereocenters. The van der Waals surface area contributed by atoms with Gasteiger partial charge < -0.3 is 10.0 Å². The lowest BCUT2D eigenvalue weighted by Crippen LogP contribution is -2.44. The zero-order valence-electron chi connectivity index (χ0n) is 14.9. The lowest BCUT2D eigenvalue weighted by molar-refractivity contribution is 0.0576. The summed E-state index contributed by atoms with van der Waals surface area (Å²) in [5.41, 5.74) is 3.93. The van der Waals surface area contributed by atoms with E-state index in [2.05, 4.69) is 19.1 Å². The number of aliphatic hydroxyl groups excluding tert-OH is 1. The van der Waals surface area contributed by atoms with Gasteiger partial charge in [-0.1, -0.05) is 11.6 Å². The SMILES string of the molecule is Cc1ccc2nc(C3CC3)cc(C(=O)N3CCCCC3CCO)c2c1. The van der Waals surface area contributed by atoms with Crippen LogP contribution in [0, 0.1) is 6.92 Å². The van der Waals surface area contributed by atoms with Crippen LogP contribution in [0.4, 0.5) is 0 Å². The summed E-state index contributed by atoms with van der Waals surface area (Å²) in [6.45, 7) is 2.98. The molecule has 1 aromatic carbocycles. The van der Waals surface area contributed by atoms with Crippen molar-refractivity contribution < 1.29 is 9.90 Å². The summed E-state index contributed by atoms with van der Waals surface area (Å²) in [6.07, 6.45) is 6.19. The van der Waals surface area contributed by atoms with Crippen LogP contribution < -0.4 is 0 Å². The van der Waals surface area contributed by atoms with E-state index in [1.54, 1.807) is 0 Å². The number of benzene rings is 1. The van der Waals surface area contributed by atoms with Gasteiger partial charge in [-0.2, -0.15) is 0 Å². The number of nitrogens with zero attached hydrogens (tertiary/aromatic N) is 2. The van der Waals surface area contributed by atoms with Gasteiger partial charge in [-0.3, -0.25) is 9.78 Å². The smallest absolute Gasteiger partial charge is 0.254 e. The number of aryl methyl sites for hydroxylation is 1. The molecule has 1 aliphatic heterocycles. The summed E-state index contributed by atoms with van der Waals surface area (Å²) in [5.74, 6) is 0.630. The topological polar surface area (TPSA) is 53.4 Å². The Morgan fingerprint density at radius 3 is 2.84 bits per heavy atom. The van der Waals surface area contributed by atoms with Gasteiger partial charge in [-0.05, 0) is 63.6 Å². The Morgan fingerprint density at radius 1 is 1.24 bits per heavy atom. The molecule has 1 aliphatic carbocycles. The Hall–Kier alpha value is -1.94. The van der Waals surface area contributed by atoms with Gasteiger partial charge in [0, 0.05) is 36.2 Å². The summed E-state index contributed by atoms with van der Waals surface area (Å²) in [4.78, 5) is 20.2. The maximum Gasteiger partial charge on any atom is 0.254 e. The molecule has 0 bridgehead atoms. The second-order valence-corrected chi connectivity index (χ2v) is 7.55.